The zero-order valence-corrected chi connectivity index (χ0v) is 21.8. The van der Waals surface area contributed by atoms with Crippen LogP contribution in [-0.2, 0) is 13.1 Å². The van der Waals surface area contributed by atoms with Gasteiger partial charge in [-0.05, 0) is 57.3 Å². The number of fused-ring (bicyclic) bond motifs is 1. The first kappa shape index (κ1) is 25.9. The number of benzene rings is 2. The molecule has 1 aromatic heterocycles. The third-order valence-corrected chi connectivity index (χ3v) is 5.09. The second kappa shape index (κ2) is 13.3. The topological polar surface area (TPSA) is 66.7 Å². The number of rotatable bonds is 10. The van der Waals surface area contributed by atoms with Gasteiger partial charge in [0.2, 0.25) is 0 Å². The minimum absolute atomic E-state index is 0. The van der Waals surface area contributed by atoms with Crippen LogP contribution in [0.3, 0.4) is 0 Å². The molecule has 0 amide bonds. The number of imidazole rings is 1. The number of aliphatic imine (C=N–C) groups is 1. The SMILES string of the molecule is CN=C(NCCCn1c(C)nc2ccccc21)NCc1cccc(OCCN(C)C)c1.I. The summed E-state index contributed by atoms with van der Waals surface area (Å²) in [5.41, 5.74) is 3.40. The van der Waals surface area contributed by atoms with Gasteiger partial charge in [0, 0.05) is 33.2 Å². The van der Waals surface area contributed by atoms with Gasteiger partial charge in [-0.2, -0.15) is 0 Å². The Morgan fingerprint density at radius 3 is 2.72 bits per heavy atom. The van der Waals surface area contributed by atoms with E-state index in [2.05, 4.69) is 67.3 Å². The molecule has 0 aliphatic heterocycles. The lowest BCUT2D eigenvalue weighted by Crippen LogP contribution is -2.37. The molecule has 0 radical (unpaired) electrons. The highest BCUT2D eigenvalue weighted by atomic mass is 127. The highest BCUT2D eigenvalue weighted by Gasteiger charge is 2.06. The Hall–Kier alpha value is -2.33. The number of guanidine groups is 1. The summed E-state index contributed by atoms with van der Waals surface area (Å²) in [4.78, 5) is 11.1. The van der Waals surface area contributed by atoms with Crippen molar-refractivity contribution in [2.24, 2.45) is 4.99 Å². The Kier molecular flexibility index (Phi) is 10.8. The molecule has 32 heavy (non-hydrogen) atoms. The van der Waals surface area contributed by atoms with Gasteiger partial charge in [0.25, 0.3) is 0 Å². The average molecular weight is 550 g/mol. The molecule has 3 aromatic rings. The van der Waals surface area contributed by atoms with Crippen molar-refractivity contribution in [3.63, 3.8) is 0 Å². The molecule has 0 aliphatic rings. The Morgan fingerprint density at radius 1 is 1.12 bits per heavy atom. The number of halogens is 1. The highest BCUT2D eigenvalue weighted by molar-refractivity contribution is 14.0. The third kappa shape index (κ3) is 7.67. The van der Waals surface area contributed by atoms with E-state index in [-0.39, 0.29) is 24.0 Å². The maximum Gasteiger partial charge on any atom is 0.191 e. The van der Waals surface area contributed by atoms with Crippen molar-refractivity contribution in [1.29, 1.82) is 0 Å². The van der Waals surface area contributed by atoms with Gasteiger partial charge in [-0.15, -0.1) is 24.0 Å². The number of ether oxygens (including phenoxy) is 1. The summed E-state index contributed by atoms with van der Waals surface area (Å²) in [5.74, 6) is 2.74. The molecule has 8 heteroatoms. The van der Waals surface area contributed by atoms with Gasteiger partial charge in [-0.3, -0.25) is 4.99 Å². The molecule has 2 aromatic carbocycles. The van der Waals surface area contributed by atoms with Gasteiger partial charge in [0.15, 0.2) is 5.96 Å². The lowest BCUT2D eigenvalue weighted by molar-refractivity contribution is 0.261. The number of nitrogens with zero attached hydrogens (tertiary/aromatic N) is 4. The first-order chi connectivity index (χ1) is 15.1. The average Bonchev–Trinajstić information content (AvgIpc) is 3.08. The summed E-state index contributed by atoms with van der Waals surface area (Å²) in [6.07, 6.45) is 0.983. The maximum absolute atomic E-state index is 5.82. The fourth-order valence-electron chi connectivity index (χ4n) is 3.42. The van der Waals surface area contributed by atoms with E-state index >= 15 is 0 Å². The Balaban J connectivity index is 0.00000363. The van der Waals surface area contributed by atoms with Gasteiger partial charge in [0.05, 0.1) is 11.0 Å². The van der Waals surface area contributed by atoms with E-state index in [4.69, 9.17) is 4.74 Å². The van der Waals surface area contributed by atoms with Gasteiger partial charge >= 0.3 is 0 Å². The van der Waals surface area contributed by atoms with Crippen LogP contribution in [0.25, 0.3) is 11.0 Å². The number of hydrogen-bond donors (Lipinski definition) is 2. The molecule has 0 atom stereocenters. The Labute approximate surface area is 208 Å². The summed E-state index contributed by atoms with van der Waals surface area (Å²) in [6.45, 7) is 6.08. The van der Waals surface area contributed by atoms with E-state index in [1.165, 1.54) is 5.52 Å². The lowest BCUT2D eigenvalue weighted by Gasteiger charge is -2.14. The Morgan fingerprint density at radius 2 is 1.94 bits per heavy atom. The summed E-state index contributed by atoms with van der Waals surface area (Å²) in [6, 6.07) is 16.5. The number of aromatic nitrogens is 2. The van der Waals surface area contributed by atoms with E-state index in [0.717, 1.165) is 54.7 Å². The fraction of sp³-hybridized carbons (Fsp3) is 0.417. The summed E-state index contributed by atoms with van der Waals surface area (Å²) in [7, 11) is 5.88. The largest absolute Gasteiger partial charge is 0.492 e. The maximum atomic E-state index is 5.82. The molecule has 0 aliphatic carbocycles. The third-order valence-electron chi connectivity index (χ3n) is 5.09. The van der Waals surface area contributed by atoms with Crippen molar-refractivity contribution in [2.75, 3.05) is 40.8 Å². The molecule has 2 N–H and O–H groups in total. The van der Waals surface area contributed by atoms with E-state index in [1.807, 2.05) is 32.3 Å². The molecule has 0 bridgehead atoms. The molecule has 1 heterocycles. The number of likely N-dealkylation sites (N-methyl/N-ethyl adjacent to an activating group) is 1. The second-order valence-corrected chi connectivity index (χ2v) is 7.80. The van der Waals surface area contributed by atoms with Gasteiger partial charge in [0.1, 0.15) is 18.2 Å². The quantitative estimate of drug-likeness (QED) is 0.175. The first-order valence-corrected chi connectivity index (χ1v) is 10.8. The molecule has 174 valence electrons. The van der Waals surface area contributed by atoms with Gasteiger partial charge in [-0.25, -0.2) is 4.98 Å². The highest BCUT2D eigenvalue weighted by Crippen LogP contribution is 2.16. The standard InChI is InChI=1S/C24H34N6O.HI/c1-19-28-22-11-5-6-12-23(22)30(19)14-8-13-26-24(25-2)27-18-20-9-7-10-21(17-20)31-16-15-29(3)4;/h5-7,9-12,17H,8,13-16,18H2,1-4H3,(H2,25,26,27);1H. The Bertz CT molecular complexity index is 1000. The number of nitrogens with one attached hydrogen (secondary N) is 2. The summed E-state index contributed by atoms with van der Waals surface area (Å²) < 4.78 is 8.10. The van der Waals surface area contributed by atoms with Crippen LogP contribution in [0.4, 0.5) is 0 Å². The van der Waals surface area contributed by atoms with Crippen molar-refractivity contribution in [3.05, 3.63) is 59.9 Å². The van der Waals surface area contributed by atoms with Crippen LogP contribution >= 0.6 is 24.0 Å². The zero-order chi connectivity index (χ0) is 22.1. The normalized spacial score (nSPS) is 11.5. The van der Waals surface area contributed by atoms with Crippen molar-refractivity contribution in [1.82, 2.24) is 25.1 Å². The molecule has 0 fully saturated rings. The molecule has 0 saturated heterocycles. The van der Waals surface area contributed by atoms with Gasteiger partial charge < -0.3 is 24.8 Å². The fourth-order valence-corrected chi connectivity index (χ4v) is 3.42. The molecule has 7 nitrogen and oxygen atoms in total. The smallest absolute Gasteiger partial charge is 0.191 e. The molecular weight excluding hydrogens is 515 g/mol. The van der Waals surface area contributed by atoms with Crippen LogP contribution < -0.4 is 15.4 Å². The van der Waals surface area contributed by atoms with Crippen molar-refractivity contribution >= 4 is 41.0 Å². The van der Waals surface area contributed by atoms with E-state index in [1.54, 1.807) is 7.05 Å². The van der Waals surface area contributed by atoms with Gasteiger partial charge in [-0.1, -0.05) is 24.3 Å². The molecular formula is C24H35IN6O. The minimum atomic E-state index is 0. The summed E-state index contributed by atoms with van der Waals surface area (Å²) in [5, 5.41) is 6.78. The lowest BCUT2D eigenvalue weighted by atomic mass is 10.2. The van der Waals surface area contributed by atoms with Crippen LogP contribution in [0.2, 0.25) is 0 Å². The molecule has 0 saturated carbocycles. The predicted octanol–water partition coefficient (Wildman–Crippen LogP) is 3.66. The second-order valence-electron chi connectivity index (χ2n) is 7.80. The zero-order valence-electron chi connectivity index (χ0n) is 19.5. The van der Waals surface area contributed by atoms with Crippen LogP contribution in [0, 0.1) is 6.92 Å². The molecule has 3 rings (SSSR count). The van der Waals surface area contributed by atoms with Crippen LogP contribution in [-0.4, -0.2) is 61.2 Å². The predicted molar refractivity (Wildman–Crippen MR) is 143 cm³/mol. The first-order valence-electron chi connectivity index (χ1n) is 10.8. The van der Waals surface area contributed by atoms with Crippen molar-refractivity contribution in [3.8, 4) is 5.75 Å². The van der Waals surface area contributed by atoms with Crippen LogP contribution in [0.5, 0.6) is 5.75 Å². The number of para-hydroxylation sites is 2. The van der Waals surface area contributed by atoms with Crippen LogP contribution in [0.15, 0.2) is 53.5 Å². The van der Waals surface area contributed by atoms with Crippen molar-refractivity contribution < 1.29 is 4.74 Å². The van der Waals surface area contributed by atoms with Crippen LogP contribution in [0.1, 0.15) is 17.8 Å². The summed E-state index contributed by atoms with van der Waals surface area (Å²) >= 11 is 0. The monoisotopic (exact) mass is 550 g/mol. The minimum Gasteiger partial charge on any atom is -0.492 e. The van der Waals surface area contributed by atoms with E-state index in [0.29, 0.717) is 13.2 Å². The van der Waals surface area contributed by atoms with E-state index in [9.17, 15) is 0 Å². The number of hydrogen-bond acceptors (Lipinski definition) is 4. The number of aryl methyl sites for hydroxylation is 2. The molecule has 0 unspecified atom stereocenters. The molecule has 0 spiro atoms. The van der Waals surface area contributed by atoms with E-state index < -0.39 is 0 Å². The van der Waals surface area contributed by atoms with Crippen molar-refractivity contribution in [2.45, 2.75) is 26.4 Å².